The second-order valence-corrected chi connectivity index (χ2v) is 6.75. The molecule has 1 amide bonds. The van der Waals surface area contributed by atoms with Crippen LogP contribution in [0.15, 0.2) is 24.3 Å². The Kier molecular flexibility index (Phi) is 4.14. The summed E-state index contributed by atoms with van der Waals surface area (Å²) < 4.78 is 0. The minimum absolute atomic E-state index is 0.0213. The average Bonchev–Trinajstić information content (AvgIpc) is 2.49. The molecule has 1 aromatic carbocycles. The zero-order valence-electron chi connectivity index (χ0n) is 13.6. The summed E-state index contributed by atoms with van der Waals surface area (Å²) in [6.45, 7) is 6.26. The van der Waals surface area contributed by atoms with Gasteiger partial charge in [-0.3, -0.25) is 9.78 Å². The molecule has 3 heteroatoms. The number of fused-ring (bicyclic) bond motifs is 1. The predicted molar refractivity (Wildman–Crippen MR) is 90.1 cm³/mol. The molecule has 22 heavy (non-hydrogen) atoms. The molecule has 1 aliphatic rings. The van der Waals surface area contributed by atoms with Gasteiger partial charge in [0.2, 0.25) is 0 Å². The van der Waals surface area contributed by atoms with Crippen LogP contribution in [0.25, 0.3) is 10.9 Å². The molecule has 0 spiro atoms. The van der Waals surface area contributed by atoms with Gasteiger partial charge in [-0.2, -0.15) is 0 Å². The number of aryl methyl sites for hydroxylation is 2. The quantitative estimate of drug-likeness (QED) is 0.904. The molecule has 1 saturated carbocycles. The van der Waals surface area contributed by atoms with Crippen molar-refractivity contribution in [1.82, 2.24) is 10.3 Å². The summed E-state index contributed by atoms with van der Waals surface area (Å²) in [6.07, 6.45) is 4.59. The Morgan fingerprint density at radius 1 is 1.14 bits per heavy atom. The number of carbonyl (C=O) groups is 1. The minimum Gasteiger partial charge on any atom is -0.349 e. The van der Waals surface area contributed by atoms with Crippen molar-refractivity contribution in [3.05, 3.63) is 41.1 Å². The second kappa shape index (κ2) is 6.07. The molecule has 1 aromatic heterocycles. The second-order valence-electron chi connectivity index (χ2n) is 6.75. The molecule has 0 bridgehead atoms. The molecule has 1 aliphatic carbocycles. The van der Waals surface area contributed by atoms with Gasteiger partial charge >= 0.3 is 0 Å². The van der Waals surface area contributed by atoms with E-state index in [0.29, 0.717) is 11.6 Å². The first-order valence-corrected chi connectivity index (χ1v) is 8.22. The molecule has 0 aliphatic heterocycles. The van der Waals surface area contributed by atoms with Crippen LogP contribution in [0.4, 0.5) is 0 Å². The molecule has 1 N–H and O–H groups in total. The molecule has 3 nitrogen and oxygen atoms in total. The van der Waals surface area contributed by atoms with Crippen molar-refractivity contribution < 1.29 is 4.79 Å². The van der Waals surface area contributed by atoms with Crippen LogP contribution >= 0.6 is 0 Å². The van der Waals surface area contributed by atoms with Crippen molar-refractivity contribution >= 4 is 16.8 Å². The first kappa shape index (κ1) is 15.0. The van der Waals surface area contributed by atoms with Gasteiger partial charge in [0.05, 0.1) is 16.8 Å². The number of aromatic nitrogens is 1. The molecule has 0 atom stereocenters. The molecule has 2 aromatic rings. The van der Waals surface area contributed by atoms with E-state index in [0.717, 1.165) is 35.4 Å². The maximum atomic E-state index is 12.6. The van der Waals surface area contributed by atoms with Crippen LogP contribution in [0.3, 0.4) is 0 Å². The normalized spacial score (nSPS) is 21.8. The summed E-state index contributed by atoms with van der Waals surface area (Å²) in [7, 11) is 0. The lowest BCUT2D eigenvalue weighted by Gasteiger charge is -2.27. The highest BCUT2D eigenvalue weighted by Crippen LogP contribution is 2.24. The lowest BCUT2D eigenvalue weighted by atomic mass is 9.87. The van der Waals surface area contributed by atoms with E-state index in [-0.39, 0.29) is 5.91 Å². The van der Waals surface area contributed by atoms with Gasteiger partial charge in [-0.25, -0.2) is 0 Å². The summed E-state index contributed by atoms with van der Waals surface area (Å²) in [5.74, 6) is 0.813. The SMILES string of the molecule is Cc1ccc2nc(C)c(C(=O)NC3CCC(C)CC3)cc2c1. The van der Waals surface area contributed by atoms with Gasteiger partial charge in [0.15, 0.2) is 0 Å². The molecular weight excluding hydrogens is 272 g/mol. The number of carbonyl (C=O) groups excluding carboxylic acids is 1. The van der Waals surface area contributed by atoms with E-state index in [1.165, 1.54) is 18.4 Å². The van der Waals surface area contributed by atoms with Gasteiger partial charge in [-0.05, 0) is 63.6 Å². The number of amides is 1. The number of hydrogen-bond acceptors (Lipinski definition) is 2. The van der Waals surface area contributed by atoms with Gasteiger partial charge in [0, 0.05) is 11.4 Å². The summed E-state index contributed by atoms with van der Waals surface area (Å²) in [6, 6.07) is 8.45. The minimum atomic E-state index is 0.0213. The zero-order chi connectivity index (χ0) is 15.7. The van der Waals surface area contributed by atoms with Crippen LogP contribution in [0.5, 0.6) is 0 Å². The van der Waals surface area contributed by atoms with Gasteiger partial charge in [0.1, 0.15) is 0 Å². The molecule has 0 radical (unpaired) electrons. The van der Waals surface area contributed by atoms with E-state index in [9.17, 15) is 4.79 Å². The summed E-state index contributed by atoms with van der Waals surface area (Å²) in [5, 5.41) is 4.23. The lowest BCUT2D eigenvalue weighted by molar-refractivity contribution is 0.0922. The number of benzene rings is 1. The van der Waals surface area contributed by atoms with Crippen molar-refractivity contribution in [2.45, 2.75) is 52.5 Å². The van der Waals surface area contributed by atoms with Crippen molar-refractivity contribution in [2.75, 3.05) is 0 Å². The van der Waals surface area contributed by atoms with E-state index in [2.05, 4.69) is 36.3 Å². The average molecular weight is 296 g/mol. The zero-order valence-corrected chi connectivity index (χ0v) is 13.6. The van der Waals surface area contributed by atoms with Crippen molar-refractivity contribution in [1.29, 1.82) is 0 Å². The summed E-state index contributed by atoms with van der Waals surface area (Å²) >= 11 is 0. The van der Waals surface area contributed by atoms with Gasteiger partial charge < -0.3 is 5.32 Å². The molecule has 1 heterocycles. The van der Waals surface area contributed by atoms with Crippen LogP contribution in [-0.4, -0.2) is 16.9 Å². The van der Waals surface area contributed by atoms with Crippen molar-refractivity contribution in [3.8, 4) is 0 Å². The molecule has 0 unspecified atom stereocenters. The van der Waals surface area contributed by atoms with Gasteiger partial charge in [-0.15, -0.1) is 0 Å². The van der Waals surface area contributed by atoms with Crippen molar-refractivity contribution in [3.63, 3.8) is 0 Å². The van der Waals surface area contributed by atoms with Crippen LogP contribution < -0.4 is 5.32 Å². The van der Waals surface area contributed by atoms with Crippen LogP contribution in [0.2, 0.25) is 0 Å². The third kappa shape index (κ3) is 3.13. The molecule has 3 rings (SSSR count). The van der Waals surface area contributed by atoms with Crippen LogP contribution in [0, 0.1) is 19.8 Å². The lowest BCUT2D eigenvalue weighted by Crippen LogP contribution is -2.37. The smallest absolute Gasteiger partial charge is 0.253 e. The fourth-order valence-corrected chi connectivity index (χ4v) is 3.29. The van der Waals surface area contributed by atoms with Crippen LogP contribution in [0.1, 0.15) is 54.2 Å². The van der Waals surface area contributed by atoms with Gasteiger partial charge in [-0.1, -0.05) is 18.6 Å². The standard InChI is InChI=1S/C19H24N2O/c1-12-4-7-16(8-5-12)21-19(22)17-11-15-10-13(2)6-9-18(15)20-14(17)3/h6,9-12,16H,4-5,7-8H2,1-3H3,(H,21,22). The number of hydrogen-bond donors (Lipinski definition) is 1. The first-order chi connectivity index (χ1) is 10.5. The van der Waals surface area contributed by atoms with E-state index < -0.39 is 0 Å². The third-order valence-corrected chi connectivity index (χ3v) is 4.76. The first-order valence-electron chi connectivity index (χ1n) is 8.22. The Bertz CT molecular complexity index is 700. The van der Waals surface area contributed by atoms with E-state index in [1.807, 2.05) is 19.1 Å². The molecular formula is C19H24N2O. The predicted octanol–water partition coefficient (Wildman–Crippen LogP) is 4.16. The van der Waals surface area contributed by atoms with Crippen molar-refractivity contribution in [2.24, 2.45) is 5.92 Å². The number of nitrogens with zero attached hydrogens (tertiary/aromatic N) is 1. The Balaban J connectivity index is 1.82. The third-order valence-electron chi connectivity index (χ3n) is 4.76. The maximum absolute atomic E-state index is 12.6. The Hall–Kier alpha value is -1.90. The maximum Gasteiger partial charge on any atom is 0.253 e. The Morgan fingerprint density at radius 3 is 2.59 bits per heavy atom. The Morgan fingerprint density at radius 2 is 1.86 bits per heavy atom. The summed E-state index contributed by atoms with van der Waals surface area (Å²) in [4.78, 5) is 17.2. The molecule has 116 valence electrons. The highest BCUT2D eigenvalue weighted by Gasteiger charge is 2.21. The number of nitrogens with one attached hydrogen (secondary N) is 1. The Labute approximate surface area is 132 Å². The topological polar surface area (TPSA) is 42.0 Å². The number of pyridine rings is 1. The van der Waals surface area contributed by atoms with E-state index in [4.69, 9.17) is 0 Å². The van der Waals surface area contributed by atoms with E-state index in [1.54, 1.807) is 0 Å². The fourth-order valence-electron chi connectivity index (χ4n) is 3.29. The number of rotatable bonds is 2. The van der Waals surface area contributed by atoms with E-state index >= 15 is 0 Å². The highest BCUT2D eigenvalue weighted by molar-refractivity contribution is 5.98. The molecule has 1 fully saturated rings. The fraction of sp³-hybridized carbons (Fsp3) is 0.474. The summed E-state index contributed by atoms with van der Waals surface area (Å²) in [5.41, 5.74) is 3.65. The highest BCUT2D eigenvalue weighted by atomic mass is 16.1. The van der Waals surface area contributed by atoms with Gasteiger partial charge in [0.25, 0.3) is 5.91 Å². The monoisotopic (exact) mass is 296 g/mol. The van der Waals surface area contributed by atoms with Crippen LogP contribution in [-0.2, 0) is 0 Å². The molecule has 0 saturated heterocycles. The largest absolute Gasteiger partial charge is 0.349 e.